The molecular weight excluding hydrogens is 226 g/mol. The molecule has 0 saturated carbocycles. The molecule has 3 nitrogen and oxygen atoms in total. The molecule has 0 N–H and O–H groups in total. The normalized spacial score (nSPS) is 23.2. The molecule has 0 fully saturated rings. The molecule has 0 aromatic heterocycles. The zero-order valence-corrected chi connectivity index (χ0v) is 11.2. The van der Waals surface area contributed by atoms with E-state index in [1.807, 2.05) is 45.0 Å². The first-order valence-electron chi connectivity index (χ1n) is 6.52. The van der Waals surface area contributed by atoms with Crippen LogP contribution >= 0.6 is 0 Å². The van der Waals surface area contributed by atoms with E-state index >= 15 is 0 Å². The van der Waals surface area contributed by atoms with E-state index in [4.69, 9.17) is 0 Å². The van der Waals surface area contributed by atoms with Crippen molar-refractivity contribution in [2.45, 2.75) is 39.0 Å². The fourth-order valence-corrected chi connectivity index (χ4v) is 2.57. The van der Waals surface area contributed by atoms with Gasteiger partial charge < -0.3 is 0 Å². The van der Waals surface area contributed by atoms with Crippen molar-refractivity contribution in [1.29, 1.82) is 0 Å². The van der Waals surface area contributed by atoms with Gasteiger partial charge in [-0.3, -0.25) is 14.5 Å². The molecule has 0 spiro atoms. The van der Waals surface area contributed by atoms with Gasteiger partial charge in [-0.15, -0.1) is 0 Å². The molecule has 1 aromatic rings. The average molecular weight is 245 g/mol. The SMILES string of the molecule is CCCN1C(=O)c2ccccc2C(C)(CC)C1=O. The maximum Gasteiger partial charge on any atom is 0.260 e. The third-order valence-corrected chi connectivity index (χ3v) is 3.87. The summed E-state index contributed by atoms with van der Waals surface area (Å²) >= 11 is 0. The second-order valence-corrected chi connectivity index (χ2v) is 4.99. The van der Waals surface area contributed by atoms with Crippen LogP contribution in [-0.4, -0.2) is 23.3 Å². The fraction of sp³-hybridized carbons (Fsp3) is 0.467. The Hall–Kier alpha value is -1.64. The van der Waals surface area contributed by atoms with Gasteiger partial charge in [0.05, 0.1) is 5.41 Å². The predicted molar refractivity (Wildman–Crippen MR) is 70.4 cm³/mol. The predicted octanol–water partition coefficient (Wildman–Crippen LogP) is 2.75. The summed E-state index contributed by atoms with van der Waals surface area (Å²) in [6.45, 7) is 6.41. The maximum absolute atomic E-state index is 12.5. The van der Waals surface area contributed by atoms with Crippen molar-refractivity contribution in [3.05, 3.63) is 35.4 Å². The van der Waals surface area contributed by atoms with Crippen LogP contribution in [0.1, 0.15) is 49.5 Å². The lowest BCUT2D eigenvalue weighted by Crippen LogP contribution is -2.53. The van der Waals surface area contributed by atoms with Crippen LogP contribution in [-0.2, 0) is 10.2 Å². The number of fused-ring (bicyclic) bond motifs is 1. The van der Waals surface area contributed by atoms with Gasteiger partial charge in [-0.05, 0) is 31.4 Å². The molecule has 2 rings (SSSR count). The second kappa shape index (κ2) is 4.56. The van der Waals surface area contributed by atoms with Crippen molar-refractivity contribution >= 4 is 11.8 Å². The largest absolute Gasteiger partial charge is 0.278 e. The monoisotopic (exact) mass is 245 g/mol. The third-order valence-electron chi connectivity index (χ3n) is 3.87. The summed E-state index contributed by atoms with van der Waals surface area (Å²) < 4.78 is 0. The Kier molecular flexibility index (Phi) is 3.24. The van der Waals surface area contributed by atoms with Crippen molar-refractivity contribution < 1.29 is 9.59 Å². The number of hydrogen-bond donors (Lipinski definition) is 0. The van der Waals surface area contributed by atoms with E-state index in [-0.39, 0.29) is 11.8 Å². The van der Waals surface area contributed by atoms with E-state index in [0.29, 0.717) is 18.5 Å². The quantitative estimate of drug-likeness (QED) is 0.768. The lowest BCUT2D eigenvalue weighted by atomic mass is 9.74. The zero-order valence-electron chi connectivity index (χ0n) is 11.2. The van der Waals surface area contributed by atoms with E-state index in [0.717, 1.165) is 12.0 Å². The second-order valence-electron chi connectivity index (χ2n) is 4.99. The Morgan fingerprint density at radius 1 is 1.17 bits per heavy atom. The van der Waals surface area contributed by atoms with Crippen LogP contribution in [0.25, 0.3) is 0 Å². The fourth-order valence-electron chi connectivity index (χ4n) is 2.57. The number of rotatable bonds is 3. The van der Waals surface area contributed by atoms with Crippen molar-refractivity contribution in [1.82, 2.24) is 4.90 Å². The summed E-state index contributed by atoms with van der Waals surface area (Å²) in [4.78, 5) is 26.3. The number of carbonyl (C=O) groups is 2. The highest BCUT2D eigenvalue weighted by molar-refractivity contribution is 6.13. The molecule has 1 aromatic carbocycles. The van der Waals surface area contributed by atoms with E-state index in [1.54, 1.807) is 0 Å². The van der Waals surface area contributed by atoms with E-state index in [2.05, 4.69) is 0 Å². The first-order valence-corrected chi connectivity index (χ1v) is 6.52. The molecule has 1 aliphatic rings. The molecule has 0 saturated heterocycles. The van der Waals surface area contributed by atoms with Gasteiger partial charge in [0.25, 0.3) is 5.91 Å². The van der Waals surface area contributed by atoms with Crippen LogP contribution in [0.5, 0.6) is 0 Å². The van der Waals surface area contributed by atoms with Crippen LogP contribution in [0.15, 0.2) is 24.3 Å². The van der Waals surface area contributed by atoms with Crippen molar-refractivity contribution in [2.24, 2.45) is 0 Å². The molecule has 3 heteroatoms. The summed E-state index contributed by atoms with van der Waals surface area (Å²) in [5.41, 5.74) is 0.976. The smallest absolute Gasteiger partial charge is 0.260 e. The number of benzene rings is 1. The highest BCUT2D eigenvalue weighted by atomic mass is 16.2. The summed E-state index contributed by atoms with van der Waals surface area (Å²) in [5.74, 6) is -0.209. The van der Waals surface area contributed by atoms with Crippen molar-refractivity contribution in [3.8, 4) is 0 Å². The molecule has 0 bridgehead atoms. The van der Waals surface area contributed by atoms with Crippen LogP contribution in [0, 0.1) is 0 Å². The molecule has 0 radical (unpaired) electrons. The number of hydrogen-bond acceptors (Lipinski definition) is 2. The summed E-state index contributed by atoms with van der Waals surface area (Å²) in [6.07, 6.45) is 1.50. The highest BCUT2D eigenvalue weighted by Gasteiger charge is 2.45. The van der Waals surface area contributed by atoms with E-state index < -0.39 is 5.41 Å². The lowest BCUT2D eigenvalue weighted by Gasteiger charge is -2.39. The molecule has 1 unspecified atom stereocenters. The van der Waals surface area contributed by atoms with Gasteiger partial charge in [0, 0.05) is 12.1 Å². The Balaban J connectivity index is 2.60. The molecule has 0 aliphatic carbocycles. The lowest BCUT2D eigenvalue weighted by molar-refractivity contribution is -0.135. The Labute approximate surface area is 108 Å². The van der Waals surface area contributed by atoms with Crippen LogP contribution < -0.4 is 0 Å². The molecule has 1 aliphatic heterocycles. The molecule has 18 heavy (non-hydrogen) atoms. The molecule has 1 atom stereocenters. The Bertz CT molecular complexity index is 495. The van der Waals surface area contributed by atoms with Crippen molar-refractivity contribution in [3.63, 3.8) is 0 Å². The van der Waals surface area contributed by atoms with Gasteiger partial charge in [0.1, 0.15) is 0 Å². The Morgan fingerprint density at radius 2 is 1.83 bits per heavy atom. The van der Waals surface area contributed by atoms with Crippen LogP contribution in [0.2, 0.25) is 0 Å². The molecular formula is C15H19NO2. The Morgan fingerprint density at radius 3 is 2.44 bits per heavy atom. The van der Waals surface area contributed by atoms with E-state index in [1.165, 1.54) is 4.90 Å². The van der Waals surface area contributed by atoms with Gasteiger partial charge in [0.2, 0.25) is 5.91 Å². The van der Waals surface area contributed by atoms with Gasteiger partial charge in [-0.25, -0.2) is 0 Å². The minimum Gasteiger partial charge on any atom is -0.278 e. The number of imide groups is 1. The topological polar surface area (TPSA) is 37.4 Å². The average Bonchev–Trinajstić information content (AvgIpc) is 2.41. The number of amides is 2. The van der Waals surface area contributed by atoms with Gasteiger partial charge in [0.15, 0.2) is 0 Å². The van der Waals surface area contributed by atoms with Crippen molar-refractivity contribution in [2.75, 3.05) is 6.54 Å². The summed E-state index contributed by atoms with van der Waals surface area (Å²) in [6, 6.07) is 7.47. The minimum absolute atomic E-state index is 0.0597. The minimum atomic E-state index is -0.570. The van der Waals surface area contributed by atoms with Crippen LogP contribution in [0.4, 0.5) is 0 Å². The number of carbonyl (C=O) groups excluding carboxylic acids is 2. The van der Waals surface area contributed by atoms with E-state index in [9.17, 15) is 9.59 Å². The van der Waals surface area contributed by atoms with Gasteiger partial charge in [-0.1, -0.05) is 32.0 Å². The van der Waals surface area contributed by atoms with Gasteiger partial charge >= 0.3 is 0 Å². The standard InChI is InChI=1S/C15H19NO2/c1-4-10-16-13(17)11-8-6-7-9-12(11)15(3,5-2)14(16)18/h6-9H,4-5,10H2,1-3H3. The maximum atomic E-state index is 12.5. The van der Waals surface area contributed by atoms with Gasteiger partial charge in [-0.2, -0.15) is 0 Å². The molecule has 2 amide bonds. The summed E-state index contributed by atoms with van der Waals surface area (Å²) in [5, 5.41) is 0. The van der Waals surface area contributed by atoms with Crippen LogP contribution in [0.3, 0.4) is 0 Å². The first kappa shape index (κ1) is 12.8. The zero-order chi connectivity index (χ0) is 13.3. The third kappa shape index (κ3) is 1.65. The first-order chi connectivity index (χ1) is 8.56. The molecule has 1 heterocycles. The highest BCUT2D eigenvalue weighted by Crippen LogP contribution is 2.37. The number of nitrogens with zero attached hydrogens (tertiary/aromatic N) is 1. The summed E-state index contributed by atoms with van der Waals surface area (Å²) in [7, 11) is 0. The molecule has 96 valence electrons.